The van der Waals surface area contributed by atoms with Gasteiger partial charge in [-0.15, -0.1) is 0 Å². The van der Waals surface area contributed by atoms with E-state index in [0.717, 1.165) is 0 Å². The van der Waals surface area contributed by atoms with Crippen LogP contribution in [0, 0.1) is 5.92 Å². The maximum atomic E-state index is 14.2. The highest BCUT2D eigenvalue weighted by Crippen LogP contribution is 2.30. The Morgan fingerprint density at radius 2 is 1.85 bits per heavy atom. The SMILES string of the molecule is C[C@H]1CCCCO[C@@H](CN(C)C(=O)CCC(F)(F)F)[C@@H](C)CN([C@@H](C)CO)C(=O)c2cc(NS(=O)(=O)c3ccccc3)ccc2O1. The highest BCUT2D eigenvalue weighted by molar-refractivity contribution is 7.92. The van der Waals surface area contributed by atoms with Crippen molar-refractivity contribution in [3.8, 4) is 5.75 Å². The Kier molecular flexibility index (Phi) is 13.3. The van der Waals surface area contributed by atoms with Gasteiger partial charge in [0.2, 0.25) is 5.91 Å². The van der Waals surface area contributed by atoms with E-state index in [-0.39, 0.29) is 47.7 Å². The zero-order chi connectivity index (χ0) is 34.1. The van der Waals surface area contributed by atoms with Crippen LogP contribution in [0.4, 0.5) is 18.9 Å². The Morgan fingerprint density at radius 1 is 1.15 bits per heavy atom. The molecule has 0 spiro atoms. The van der Waals surface area contributed by atoms with E-state index in [0.29, 0.717) is 25.9 Å². The number of carbonyl (C=O) groups excluding carboxylic acids is 2. The molecule has 14 heteroatoms. The summed E-state index contributed by atoms with van der Waals surface area (Å²) >= 11 is 0. The third kappa shape index (κ3) is 10.9. The molecule has 0 saturated heterocycles. The van der Waals surface area contributed by atoms with Gasteiger partial charge in [-0.1, -0.05) is 25.1 Å². The number of anilines is 1. The van der Waals surface area contributed by atoms with Gasteiger partial charge in [0.1, 0.15) is 5.75 Å². The van der Waals surface area contributed by atoms with Crippen LogP contribution in [0.3, 0.4) is 0 Å². The Labute approximate surface area is 268 Å². The van der Waals surface area contributed by atoms with Gasteiger partial charge in [0.25, 0.3) is 15.9 Å². The lowest BCUT2D eigenvalue weighted by Crippen LogP contribution is -2.48. The first-order valence-corrected chi connectivity index (χ1v) is 16.8. The number of fused-ring (bicyclic) bond motifs is 1. The number of hydrogen-bond donors (Lipinski definition) is 2. The summed E-state index contributed by atoms with van der Waals surface area (Å²) < 4.78 is 79.1. The number of carbonyl (C=O) groups is 2. The second kappa shape index (κ2) is 16.5. The molecule has 10 nitrogen and oxygen atoms in total. The average molecular weight is 672 g/mol. The number of sulfonamides is 1. The van der Waals surface area contributed by atoms with Gasteiger partial charge < -0.3 is 24.4 Å². The lowest BCUT2D eigenvalue weighted by atomic mass is 10.0. The molecule has 1 aliphatic rings. The summed E-state index contributed by atoms with van der Waals surface area (Å²) in [5.74, 6) is -1.36. The van der Waals surface area contributed by atoms with Crippen molar-refractivity contribution in [2.24, 2.45) is 5.92 Å². The van der Waals surface area contributed by atoms with E-state index in [1.165, 1.54) is 47.2 Å². The number of hydrogen-bond acceptors (Lipinski definition) is 7. The van der Waals surface area contributed by atoms with Crippen molar-refractivity contribution in [2.75, 3.05) is 38.1 Å². The highest BCUT2D eigenvalue weighted by Gasteiger charge is 2.32. The van der Waals surface area contributed by atoms with Gasteiger partial charge in [0, 0.05) is 44.8 Å². The molecule has 3 rings (SSSR count). The normalized spacial score (nSPS) is 21.0. The molecule has 46 heavy (non-hydrogen) atoms. The number of likely N-dealkylation sites (N-methyl/N-ethyl adjacent to an activating group) is 1. The third-order valence-electron chi connectivity index (χ3n) is 7.86. The van der Waals surface area contributed by atoms with Gasteiger partial charge in [0.15, 0.2) is 0 Å². The zero-order valence-electron chi connectivity index (χ0n) is 26.6. The Morgan fingerprint density at radius 3 is 2.50 bits per heavy atom. The molecule has 2 amide bonds. The van der Waals surface area contributed by atoms with Crippen LogP contribution in [0.1, 0.15) is 63.2 Å². The smallest absolute Gasteiger partial charge is 0.389 e. The summed E-state index contributed by atoms with van der Waals surface area (Å²) in [5, 5.41) is 10.1. The Balaban J connectivity index is 1.95. The van der Waals surface area contributed by atoms with E-state index >= 15 is 0 Å². The summed E-state index contributed by atoms with van der Waals surface area (Å²) in [7, 11) is -2.54. The number of aliphatic hydroxyl groups is 1. The van der Waals surface area contributed by atoms with E-state index in [4.69, 9.17) is 9.47 Å². The molecule has 0 unspecified atom stereocenters. The fourth-order valence-corrected chi connectivity index (χ4v) is 6.14. The molecule has 1 aliphatic heterocycles. The van der Waals surface area contributed by atoms with E-state index in [1.807, 2.05) is 6.92 Å². The van der Waals surface area contributed by atoms with Crippen molar-refractivity contribution in [1.29, 1.82) is 0 Å². The van der Waals surface area contributed by atoms with Crippen molar-refractivity contribution in [3.63, 3.8) is 0 Å². The number of nitrogens with zero attached hydrogens (tertiary/aromatic N) is 2. The third-order valence-corrected chi connectivity index (χ3v) is 9.26. The average Bonchev–Trinajstić information content (AvgIpc) is 3.01. The first-order valence-electron chi connectivity index (χ1n) is 15.3. The van der Waals surface area contributed by atoms with Gasteiger partial charge >= 0.3 is 6.18 Å². The molecule has 0 saturated carbocycles. The van der Waals surface area contributed by atoms with Crippen LogP contribution in [0.15, 0.2) is 53.4 Å². The number of ether oxygens (including phenoxy) is 2. The first-order chi connectivity index (χ1) is 21.6. The van der Waals surface area contributed by atoms with Crippen molar-refractivity contribution < 1.29 is 45.8 Å². The first kappa shape index (κ1) is 37.1. The van der Waals surface area contributed by atoms with Gasteiger partial charge in [0.05, 0.1) is 41.7 Å². The minimum absolute atomic E-state index is 0.00884. The predicted octanol–water partition coefficient (Wildman–Crippen LogP) is 5.08. The van der Waals surface area contributed by atoms with Crippen LogP contribution in [-0.2, 0) is 19.6 Å². The molecule has 256 valence electrons. The van der Waals surface area contributed by atoms with Crippen LogP contribution in [-0.4, -0.2) is 92.9 Å². The maximum Gasteiger partial charge on any atom is 0.389 e. The molecule has 0 fully saturated rings. The quantitative estimate of drug-likeness (QED) is 0.381. The monoisotopic (exact) mass is 671 g/mol. The minimum atomic E-state index is -4.45. The standard InChI is InChI=1S/C32H44F3N3O7S/c1-22-19-38(23(2)21-39)31(41)27-18-25(36-46(42,43)26-11-6-5-7-12-26)13-14-28(27)45-24(3)10-8-9-17-44-29(22)20-37(4)30(40)15-16-32(33,34)35/h5-7,11-14,18,22-24,29,36,39H,8-10,15-17,19-21H2,1-4H3/t22-,23-,24-,29-/m0/s1. The second-order valence-electron chi connectivity index (χ2n) is 11.8. The molecule has 2 N–H and O–H groups in total. The maximum absolute atomic E-state index is 14.2. The molecule has 0 aromatic heterocycles. The second-order valence-corrected chi connectivity index (χ2v) is 13.5. The number of nitrogens with one attached hydrogen (secondary N) is 1. The van der Waals surface area contributed by atoms with Crippen molar-refractivity contribution in [1.82, 2.24) is 9.80 Å². The number of benzene rings is 2. The lowest BCUT2D eigenvalue weighted by Gasteiger charge is -2.36. The summed E-state index contributed by atoms with van der Waals surface area (Å²) in [4.78, 5) is 29.4. The molecule has 1 heterocycles. The van der Waals surface area contributed by atoms with Gasteiger partial charge in [-0.3, -0.25) is 14.3 Å². The Bertz CT molecular complexity index is 1410. The van der Waals surface area contributed by atoms with Crippen molar-refractivity contribution >= 4 is 27.5 Å². The topological polar surface area (TPSA) is 125 Å². The summed E-state index contributed by atoms with van der Waals surface area (Å²) in [6.45, 7) is 5.33. The van der Waals surface area contributed by atoms with Gasteiger partial charge in [-0.05, 0) is 63.4 Å². The van der Waals surface area contributed by atoms with E-state index in [9.17, 15) is 36.3 Å². The number of alkyl halides is 3. The van der Waals surface area contributed by atoms with Gasteiger partial charge in [-0.25, -0.2) is 8.42 Å². The highest BCUT2D eigenvalue weighted by atomic mass is 32.2. The summed E-state index contributed by atoms with van der Waals surface area (Å²) in [6, 6.07) is 11.6. The van der Waals surface area contributed by atoms with Crippen molar-refractivity contribution in [2.45, 2.75) is 82.2 Å². The number of halogens is 3. The zero-order valence-corrected chi connectivity index (χ0v) is 27.4. The van der Waals surface area contributed by atoms with Crippen LogP contribution in [0.5, 0.6) is 5.75 Å². The van der Waals surface area contributed by atoms with Gasteiger partial charge in [-0.2, -0.15) is 13.2 Å². The van der Waals surface area contributed by atoms with E-state index in [1.54, 1.807) is 32.0 Å². The van der Waals surface area contributed by atoms with E-state index < -0.39 is 58.9 Å². The number of rotatable bonds is 9. The fraction of sp³-hybridized carbons (Fsp3) is 0.562. The molecular formula is C32H44F3N3O7S. The molecule has 2 aromatic rings. The molecule has 0 radical (unpaired) electrons. The summed E-state index contributed by atoms with van der Waals surface area (Å²) in [6.07, 6.45) is -5.30. The number of aliphatic hydroxyl groups excluding tert-OH is 1. The van der Waals surface area contributed by atoms with Crippen LogP contribution >= 0.6 is 0 Å². The Hall–Kier alpha value is -3.36. The molecule has 0 bridgehead atoms. The van der Waals surface area contributed by atoms with E-state index in [2.05, 4.69) is 4.72 Å². The van der Waals surface area contributed by atoms with Crippen LogP contribution in [0.2, 0.25) is 0 Å². The fourth-order valence-electron chi connectivity index (χ4n) is 5.07. The van der Waals surface area contributed by atoms with Crippen LogP contribution in [0.25, 0.3) is 0 Å². The van der Waals surface area contributed by atoms with Crippen LogP contribution < -0.4 is 9.46 Å². The number of amides is 2. The predicted molar refractivity (Wildman–Crippen MR) is 167 cm³/mol. The molecule has 0 aliphatic carbocycles. The van der Waals surface area contributed by atoms with Crippen molar-refractivity contribution in [3.05, 3.63) is 54.1 Å². The summed E-state index contributed by atoms with van der Waals surface area (Å²) in [5.41, 5.74) is 0.222. The largest absolute Gasteiger partial charge is 0.490 e. The minimum Gasteiger partial charge on any atom is -0.490 e. The lowest BCUT2D eigenvalue weighted by molar-refractivity contribution is -0.149. The molecule has 2 aromatic carbocycles. The molecule has 4 atom stereocenters. The molecular weight excluding hydrogens is 627 g/mol.